The number of nitrogens with zero attached hydrogens (tertiary/aromatic N) is 1. The molecule has 0 saturated carbocycles. The fraction of sp³-hybridized carbons (Fsp3) is 0.455. The van der Waals surface area contributed by atoms with Crippen molar-refractivity contribution < 1.29 is 32.2 Å². The molecule has 0 amide bonds. The molecule has 0 bridgehead atoms. The number of methoxy groups -OCH3 is 1. The highest BCUT2D eigenvalue weighted by molar-refractivity contribution is 5.88. The van der Waals surface area contributed by atoms with Crippen LogP contribution in [0.15, 0.2) is 6.07 Å². The average molecular weight is 279 g/mol. The van der Waals surface area contributed by atoms with E-state index in [1.165, 1.54) is 14.0 Å². The van der Waals surface area contributed by atoms with Crippen LogP contribution in [-0.4, -0.2) is 31.0 Å². The van der Waals surface area contributed by atoms with Crippen LogP contribution in [0.1, 0.15) is 23.1 Å². The second-order valence-corrected chi connectivity index (χ2v) is 3.39. The number of hydrogen-bond acceptors (Lipinski definition) is 5. The van der Waals surface area contributed by atoms with Crippen LogP contribution in [0.3, 0.4) is 0 Å². The van der Waals surface area contributed by atoms with Crippen molar-refractivity contribution in [2.45, 2.75) is 20.2 Å². The topological polar surface area (TPSA) is 57.7 Å². The number of carbonyl (C=O) groups excluding carboxylic acids is 1. The van der Waals surface area contributed by atoms with Crippen molar-refractivity contribution in [1.82, 2.24) is 4.98 Å². The maximum absolute atomic E-state index is 12.3. The van der Waals surface area contributed by atoms with E-state index in [4.69, 9.17) is 4.74 Å². The van der Waals surface area contributed by atoms with Crippen LogP contribution in [0.25, 0.3) is 0 Å². The number of aromatic nitrogens is 1. The van der Waals surface area contributed by atoms with E-state index in [0.717, 1.165) is 6.07 Å². The molecule has 0 atom stereocenters. The van der Waals surface area contributed by atoms with Gasteiger partial charge in [-0.05, 0) is 13.8 Å². The van der Waals surface area contributed by atoms with Gasteiger partial charge in [0.05, 0.1) is 19.4 Å². The zero-order valence-electron chi connectivity index (χ0n) is 10.5. The minimum atomic E-state index is -4.90. The predicted octanol–water partition coefficient (Wildman–Crippen LogP) is 2.47. The Morgan fingerprint density at radius 3 is 2.53 bits per heavy atom. The largest absolute Gasteiger partial charge is 0.573 e. The molecule has 0 spiro atoms. The van der Waals surface area contributed by atoms with Gasteiger partial charge in [-0.1, -0.05) is 0 Å². The highest BCUT2D eigenvalue weighted by atomic mass is 19.4. The van der Waals surface area contributed by atoms with Crippen molar-refractivity contribution >= 4 is 5.97 Å². The quantitative estimate of drug-likeness (QED) is 0.792. The third kappa shape index (κ3) is 4.01. The summed E-state index contributed by atoms with van der Waals surface area (Å²) in [6.07, 6.45) is -4.90. The average Bonchev–Trinajstić information content (AvgIpc) is 2.26. The minimum Gasteiger partial charge on any atom is -0.491 e. The Hall–Kier alpha value is -1.99. The van der Waals surface area contributed by atoms with Crippen molar-refractivity contribution in [2.75, 3.05) is 13.7 Å². The summed E-state index contributed by atoms with van der Waals surface area (Å²) < 4.78 is 50.0. The lowest BCUT2D eigenvalue weighted by molar-refractivity contribution is -0.275. The smallest absolute Gasteiger partial charge is 0.491 e. The van der Waals surface area contributed by atoms with E-state index in [1.54, 1.807) is 6.92 Å². The zero-order chi connectivity index (χ0) is 14.6. The van der Waals surface area contributed by atoms with Gasteiger partial charge in [-0.3, -0.25) is 0 Å². The van der Waals surface area contributed by atoms with Crippen LogP contribution in [0.2, 0.25) is 0 Å². The van der Waals surface area contributed by atoms with Crippen molar-refractivity contribution in [3.63, 3.8) is 0 Å². The number of halogens is 3. The molecule has 0 saturated heterocycles. The summed E-state index contributed by atoms with van der Waals surface area (Å²) in [5.74, 6) is -1.66. The summed E-state index contributed by atoms with van der Waals surface area (Å²) in [7, 11) is 1.18. The molecule has 8 heteroatoms. The lowest BCUT2D eigenvalue weighted by atomic mass is 10.2. The molecule has 1 heterocycles. The molecule has 0 fully saturated rings. The molecule has 1 aromatic rings. The number of rotatable bonds is 4. The van der Waals surface area contributed by atoms with Crippen molar-refractivity contribution in [1.29, 1.82) is 0 Å². The second kappa shape index (κ2) is 5.77. The minimum absolute atomic E-state index is 0.0844. The number of alkyl halides is 3. The fourth-order valence-electron chi connectivity index (χ4n) is 1.39. The maximum Gasteiger partial charge on any atom is 0.573 e. The Balaban J connectivity index is 3.22. The van der Waals surface area contributed by atoms with Gasteiger partial charge in [0.25, 0.3) is 0 Å². The van der Waals surface area contributed by atoms with Gasteiger partial charge in [0, 0.05) is 6.07 Å². The maximum atomic E-state index is 12.3. The molecular weight excluding hydrogens is 267 g/mol. The van der Waals surface area contributed by atoms with Gasteiger partial charge in [-0.15, -0.1) is 13.2 Å². The zero-order valence-corrected chi connectivity index (χ0v) is 10.5. The second-order valence-electron chi connectivity index (χ2n) is 3.39. The van der Waals surface area contributed by atoms with E-state index in [2.05, 4.69) is 14.5 Å². The number of aryl methyl sites for hydroxylation is 1. The van der Waals surface area contributed by atoms with Crippen LogP contribution >= 0.6 is 0 Å². The van der Waals surface area contributed by atoms with E-state index < -0.39 is 18.1 Å². The Bertz CT molecular complexity index is 474. The molecule has 5 nitrogen and oxygen atoms in total. The van der Waals surface area contributed by atoms with E-state index in [1.807, 2.05) is 0 Å². The van der Waals surface area contributed by atoms with Crippen molar-refractivity contribution in [3.05, 3.63) is 17.5 Å². The lowest BCUT2D eigenvalue weighted by Crippen LogP contribution is -2.19. The summed E-state index contributed by atoms with van der Waals surface area (Å²) >= 11 is 0. The molecule has 0 aromatic carbocycles. The Morgan fingerprint density at radius 1 is 1.42 bits per heavy atom. The van der Waals surface area contributed by atoms with Crippen LogP contribution in [0.4, 0.5) is 13.2 Å². The lowest BCUT2D eigenvalue weighted by Gasteiger charge is -2.14. The van der Waals surface area contributed by atoms with Crippen LogP contribution in [0.5, 0.6) is 11.5 Å². The van der Waals surface area contributed by atoms with E-state index in [-0.39, 0.29) is 23.7 Å². The van der Waals surface area contributed by atoms with Crippen molar-refractivity contribution in [3.8, 4) is 11.5 Å². The molecule has 1 rings (SSSR count). The van der Waals surface area contributed by atoms with Gasteiger partial charge >= 0.3 is 12.3 Å². The summed E-state index contributed by atoms with van der Waals surface area (Å²) in [4.78, 5) is 15.3. The van der Waals surface area contributed by atoms with E-state index >= 15 is 0 Å². The van der Waals surface area contributed by atoms with Crippen LogP contribution in [0, 0.1) is 6.92 Å². The number of esters is 1. The summed E-state index contributed by atoms with van der Waals surface area (Å²) in [5, 5.41) is 0. The number of carbonyl (C=O) groups is 1. The number of hydrogen-bond donors (Lipinski definition) is 0. The van der Waals surface area contributed by atoms with E-state index in [9.17, 15) is 18.0 Å². The standard InChI is InChI=1S/C11H12F3NO4/c1-4-18-10(16)7-5-8(19-11(12,13)14)9(17-3)6(2)15-7/h5H,4H2,1-3H3. The highest BCUT2D eigenvalue weighted by Gasteiger charge is 2.33. The molecule has 19 heavy (non-hydrogen) atoms. The Kier molecular flexibility index (Phi) is 4.57. The highest BCUT2D eigenvalue weighted by Crippen LogP contribution is 2.34. The first-order valence-corrected chi connectivity index (χ1v) is 5.27. The molecule has 0 aliphatic heterocycles. The predicted molar refractivity (Wildman–Crippen MR) is 58.2 cm³/mol. The SMILES string of the molecule is CCOC(=O)c1cc(OC(F)(F)F)c(OC)c(C)n1. The first-order valence-electron chi connectivity index (χ1n) is 5.27. The Labute approximate surface area is 107 Å². The third-order valence-electron chi connectivity index (χ3n) is 2.02. The molecule has 1 aromatic heterocycles. The first kappa shape index (κ1) is 15.1. The third-order valence-corrected chi connectivity index (χ3v) is 2.02. The van der Waals surface area contributed by atoms with Gasteiger partial charge in [-0.25, -0.2) is 9.78 Å². The van der Waals surface area contributed by atoms with Crippen LogP contribution in [-0.2, 0) is 4.74 Å². The number of ether oxygens (including phenoxy) is 3. The van der Waals surface area contributed by atoms with E-state index in [0.29, 0.717) is 0 Å². The van der Waals surface area contributed by atoms with Crippen molar-refractivity contribution in [2.24, 2.45) is 0 Å². The van der Waals surface area contributed by atoms with Gasteiger partial charge in [0.15, 0.2) is 17.2 Å². The van der Waals surface area contributed by atoms with Crippen LogP contribution < -0.4 is 9.47 Å². The molecule has 0 radical (unpaired) electrons. The summed E-state index contributed by atoms with van der Waals surface area (Å²) in [6, 6.07) is 0.831. The van der Waals surface area contributed by atoms with Gasteiger partial charge in [-0.2, -0.15) is 0 Å². The molecule has 106 valence electrons. The fourth-order valence-corrected chi connectivity index (χ4v) is 1.39. The van der Waals surface area contributed by atoms with Gasteiger partial charge < -0.3 is 14.2 Å². The summed E-state index contributed by atoms with van der Waals surface area (Å²) in [6.45, 7) is 3.05. The van der Waals surface area contributed by atoms with Gasteiger partial charge in [0.1, 0.15) is 0 Å². The molecule has 0 unspecified atom stereocenters. The molecule has 0 aliphatic rings. The molecule has 0 aliphatic carbocycles. The van der Waals surface area contributed by atoms with Gasteiger partial charge in [0.2, 0.25) is 0 Å². The first-order chi connectivity index (χ1) is 8.78. The monoisotopic (exact) mass is 279 g/mol. The number of pyridine rings is 1. The normalized spacial score (nSPS) is 11.1. The molecule has 0 N–H and O–H groups in total. The molecular formula is C11H12F3NO4. The Morgan fingerprint density at radius 2 is 2.05 bits per heavy atom. The summed E-state index contributed by atoms with van der Waals surface area (Å²) in [5.41, 5.74) is -0.188.